The second kappa shape index (κ2) is 57.3. The Morgan fingerprint density at radius 1 is 0.312 bits per heavy atom. The molecule has 0 saturated carbocycles. The molecule has 3 rings (SSSR count). The Kier molecular flexibility index (Phi) is 55.8. The third-order valence-corrected chi connectivity index (χ3v) is 16.2. The van der Waals surface area contributed by atoms with Gasteiger partial charge in [-0.25, -0.2) is 4.70 Å². The maximum Gasteiger partial charge on any atom is 2.00 e. The van der Waals surface area contributed by atoms with E-state index in [9.17, 15) is 5.53 Å². The zero-order valence-electron chi connectivity index (χ0n) is 52.6. The van der Waals surface area contributed by atoms with E-state index in [2.05, 4.69) is 104 Å². The standard InChI is InChI=1S/C36H52N2.2C19H39.Ni/c1-5-9-12-15-20-29-22-18-24-31(27-29)35-33(8-4)34(26-17-14-11-7-3)36(38(35)37)32-25-19-23-30(28-32)21-16-13-10-6-2;2*1-3-5-7-9-11-13-15-17-19-18-16-14-12-10-8-6-4-2;/h18-19,22-25,27-28H,5-17,20-21,26H2,1-4H3;2*1,3-19H2,2H3;/q;2*-1;+2. The van der Waals surface area contributed by atoms with Gasteiger partial charge in [0.15, 0.2) is 0 Å². The Labute approximate surface area is 493 Å². The molecule has 0 N–H and O–H groups in total. The van der Waals surface area contributed by atoms with Gasteiger partial charge >= 0.3 is 16.5 Å². The summed E-state index contributed by atoms with van der Waals surface area (Å²) in [5.41, 5.74) is 21.5. The summed E-state index contributed by atoms with van der Waals surface area (Å²) in [5.74, 6) is 0. The van der Waals surface area contributed by atoms with E-state index in [-0.39, 0.29) is 16.5 Å². The molecule has 2 nitrogen and oxygen atoms in total. The molecule has 0 saturated heterocycles. The minimum Gasteiger partial charge on any atom is -0.493 e. The molecule has 0 aliphatic carbocycles. The molecule has 0 amide bonds. The fraction of sp³-hybridized carbons (Fsp3) is 0.757. The molecule has 446 valence electrons. The molecule has 1 aliphatic heterocycles. The number of hydrogen-bond donors (Lipinski definition) is 0. The molecule has 0 spiro atoms. The zero-order valence-corrected chi connectivity index (χ0v) is 53.6. The minimum atomic E-state index is 0. The Balaban J connectivity index is 0.00000125. The summed E-state index contributed by atoms with van der Waals surface area (Å²) in [7, 11) is 0. The van der Waals surface area contributed by atoms with Crippen LogP contribution in [0.1, 0.15) is 372 Å². The first-order chi connectivity index (χ1) is 37.5. The number of nitrogens with zero attached hydrogens (tertiary/aromatic N) is 2. The SMILES string of the molecule is CCCCCCC1=C(c2cccc(CCCCCC)c2)[N+](=[N-])C(c2cccc(CCCCCC)c2)=C1CC.[CH2-]CCCCCCCCCCCCCCCCCC.[CH2-]CCCCCCCCCCCCCCCCCC.[Ni+2]. The van der Waals surface area contributed by atoms with Crippen LogP contribution in [0.15, 0.2) is 59.7 Å². The van der Waals surface area contributed by atoms with Gasteiger partial charge in [-0.2, -0.15) is 12.8 Å². The van der Waals surface area contributed by atoms with Crippen molar-refractivity contribution in [1.82, 2.24) is 0 Å². The molecule has 1 aliphatic rings. The van der Waals surface area contributed by atoms with Crippen molar-refractivity contribution in [1.29, 1.82) is 0 Å². The Morgan fingerprint density at radius 2 is 0.558 bits per heavy atom. The summed E-state index contributed by atoms with van der Waals surface area (Å²) in [5, 5.41) is 0. The van der Waals surface area contributed by atoms with Crippen molar-refractivity contribution in [2.45, 2.75) is 363 Å². The van der Waals surface area contributed by atoms with Crippen molar-refractivity contribution in [2.24, 2.45) is 0 Å². The molecule has 0 fully saturated rings. The van der Waals surface area contributed by atoms with E-state index in [1.807, 2.05) is 0 Å². The third-order valence-electron chi connectivity index (χ3n) is 16.2. The first-order valence-electron chi connectivity index (χ1n) is 34.2. The Morgan fingerprint density at radius 3 is 0.831 bits per heavy atom. The first kappa shape index (κ1) is 75.0. The van der Waals surface area contributed by atoms with Gasteiger partial charge in [-0.1, -0.05) is 329 Å². The van der Waals surface area contributed by atoms with Gasteiger partial charge in [0.2, 0.25) is 11.4 Å². The number of rotatable bonds is 50. The predicted molar refractivity (Wildman–Crippen MR) is 344 cm³/mol. The molecule has 0 bridgehead atoms. The molecular weight excluding hydrogens is 976 g/mol. The molecule has 0 aromatic heterocycles. The van der Waals surface area contributed by atoms with Crippen LogP contribution < -0.4 is 0 Å². The van der Waals surface area contributed by atoms with Crippen LogP contribution in [0.2, 0.25) is 0 Å². The molecule has 2 aromatic rings. The first-order valence-corrected chi connectivity index (χ1v) is 34.2. The van der Waals surface area contributed by atoms with Crippen LogP contribution >= 0.6 is 0 Å². The largest absolute Gasteiger partial charge is 2.00 e. The van der Waals surface area contributed by atoms with Crippen LogP contribution in [-0.2, 0) is 29.3 Å². The number of benzene rings is 2. The minimum absolute atomic E-state index is 0. The summed E-state index contributed by atoms with van der Waals surface area (Å²) in [4.78, 5) is 0. The van der Waals surface area contributed by atoms with E-state index in [4.69, 9.17) is 0 Å². The van der Waals surface area contributed by atoms with Crippen molar-refractivity contribution in [3.63, 3.8) is 0 Å². The summed E-state index contributed by atoms with van der Waals surface area (Å²) in [6, 6.07) is 17.9. The van der Waals surface area contributed by atoms with E-state index in [1.54, 1.807) is 4.70 Å². The number of hydrogen-bond acceptors (Lipinski definition) is 0. The normalized spacial score (nSPS) is 12.2. The van der Waals surface area contributed by atoms with E-state index < -0.39 is 0 Å². The van der Waals surface area contributed by atoms with Crippen molar-refractivity contribution >= 4 is 11.4 Å². The summed E-state index contributed by atoms with van der Waals surface area (Å²) < 4.78 is 1.54. The summed E-state index contributed by atoms with van der Waals surface area (Å²) in [6.07, 6.45) is 67.9. The maximum atomic E-state index is 11.8. The second-order valence-corrected chi connectivity index (χ2v) is 23.5. The fourth-order valence-corrected chi connectivity index (χ4v) is 11.3. The van der Waals surface area contributed by atoms with Crippen molar-refractivity contribution < 1.29 is 21.2 Å². The van der Waals surface area contributed by atoms with E-state index in [0.29, 0.717) is 0 Å². The monoisotopic (exact) mass is 1100 g/mol. The van der Waals surface area contributed by atoms with Crippen LogP contribution in [0.25, 0.3) is 16.9 Å². The smallest absolute Gasteiger partial charge is 0.493 e. The van der Waals surface area contributed by atoms with Gasteiger partial charge in [0, 0.05) is 22.3 Å². The third kappa shape index (κ3) is 40.0. The van der Waals surface area contributed by atoms with Gasteiger partial charge in [-0.15, -0.1) is 0 Å². The summed E-state index contributed by atoms with van der Waals surface area (Å²) >= 11 is 0. The topological polar surface area (TPSA) is 25.3 Å². The van der Waals surface area contributed by atoms with Gasteiger partial charge in [0.05, 0.1) is 0 Å². The molecule has 0 atom stereocenters. The number of unbranched alkanes of at least 4 members (excludes halogenated alkanes) is 41. The van der Waals surface area contributed by atoms with Crippen LogP contribution in [-0.4, -0.2) is 4.70 Å². The molecule has 1 heterocycles. The van der Waals surface area contributed by atoms with E-state index in [0.717, 1.165) is 61.0 Å². The van der Waals surface area contributed by atoms with Crippen LogP contribution in [0.4, 0.5) is 0 Å². The van der Waals surface area contributed by atoms with Crippen LogP contribution in [0.5, 0.6) is 0 Å². The molecule has 0 radical (unpaired) electrons. The number of allylic oxidation sites excluding steroid dienone is 2. The van der Waals surface area contributed by atoms with Gasteiger partial charge < -0.3 is 19.4 Å². The van der Waals surface area contributed by atoms with Crippen molar-refractivity contribution in [2.75, 3.05) is 0 Å². The summed E-state index contributed by atoms with van der Waals surface area (Å²) in [6.45, 7) is 21.4. The second-order valence-electron chi connectivity index (χ2n) is 23.5. The Bertz CT molecular complexity index is 1590. The number of aryl methyl sites for hydroxylation is 2. The van der Waals surface area contributed by atoms with E-state index in [1.165, 1.54) is 305 Å². The van der Waals surface area contributed by atoms with Crippen LogP contribution in [0.3, 0.4) is 0 Å². The van der Waals surface area contributed by atoms with Crippen molar-refractivity contribution in [3.8, 4) is 0 Å². The predicted octanol–water partition coefficient (Wildman–Crippen LogP) is 26.4. The quantitative estimate of drug-likeness (QED) is 0.0273. The maximum absolute atomic E-state index is 11.8. The Hall–Kier alpha value is -1.99. The molecule has 2 aromatic carbocycles. The van der Waals surface area contributed by atoms with Crippen LogP contribution in [0, 0.1) is 13.8 Å². The average Bonchev–Trinajstić information content (AvgIpc) is 3.73. The zero-order chi connectivity index (χ0) is 55.2. The fourth-order valence-electron chi connectivity index (χ4n) is 11.3. The van der Waals surface area contributed by atoms with Gasteiger partial charge in [-0.3, -0.25) is 0 Å². The molecule has 3 heteroatoms. The van der Waals surface area contributed by atoms with E-state index >= 15 is 0 Å². The van der Waals surface area contributed by atoms with Gasteiger partial charge in [-0.05, 0) is 80.3 Å². The molecule has 0 unspecified atom stereocenters. The van der Waals surface area contributed by atoms with Crippen molar-refractivity contribution in [3.05, 3.63) is 101 Å². The van der Waals surface area contributed by atoms with Gasteiger partial charge in [0.1, 0.15) is 0 Å². The average molecular weight is 1110 g/mol. The molecular formula is C74H130N2Ni. The van der Waals surface area contributed by atoms with Gasteiger partial charge in [0.25, 0.3) is 0 Å². The molecule has 77 heavy (non-hydrogen) atoms.